The van der Waals surface area contributed by atoms with E-state index in [4.69, 9.17) is 0 Å². The number of aromatic amines is 1. The number of imidazole rings is 1. The molecule has 10 heteroatoms. The molecule has 4 aromatic rings. The van der Waals surface area contributed by atoms with E-state index in [1.165, 1.54) is 36.0 Å². The van der Waals surface area contributed by atoms with Crippen LogP contribution in [0.3, 0.4) is 0 Å². The van der Waals surface area contributed by atoms with Crippen molar-refractivity contribution in [2.45, 2.75) is 5.16 Å². The molecule has 3 aromatic carbocycles. The van der Waals surface area contributed by atoms with Crippen LogP contribution >= 0.6 is 11.8 Å². The number of fused-ring (bicyclic) bond motifs is 1. The molecular formula is C22H17N5O4S. The predicted molar refractivity (Wildman–Crippen MR) is 123 cm³/mol. The van der Waals surface area contributed by atoms with Crippen LogP contribution in [0.15, 0.2) is 78.0 Å². The average molecular weight is 447 g/mol. The van der Waals surface area contributed by atoms with Crippen molar-refractivity contribution in [2.75, 3.05) is 16.4 Å². The number of Topliss-reactive ketones (excluding diaryl/α,β-unsaturated/α-hetero) is 1. The fourth-order valence-corrected chi connectivity index (χ4v) is 3.69. The van der Waals surface area contributed by atoms with Gasteiger partial charge in [-0.15, -0.1) is 0 Å². The zero-order valence-electron chi connectivity index (χ0n) is 16.6. The zero-order chi connectivity index (χ0) is 22.5. The quantitative estimate of drug-likeness (QED) is 0.157. The maximum absolute atomic E-state index is 12.5. The molecule has 0 spiro atoms. The molecule has 0 saturated heterocycles. The Bertz CT molecular complexity index is 1250. The van der Waals surface area contributed by atoms with Gasteiger partial charge in [0.2, 0.25) is 0 Å². The molecule has 0 fully saturated rings. The fraction of sp³-hybridized carbons (Fsp3) is 0.0455. The molecule has 160 valence electrons. The summed E-state index contributed by atoms with van der Waals surface area (Å²) < 4.78 is 0. The summed E-state index contributed by atoms with van der Waals surface area (Å²) in [4.78, 5) is 42.4. The first-order chi connectivity index (χ1) is 15.5. The Morgan fingerprint density at radius 1 is 0.938 bits per heavy atom. The maximum atomic E-state index is 12.5. The van der Waals surface area contributed by atoms with Crippen molar-refractivity contribution in [2.24, 2.45) is 0 Å². The predicted octanol–water partition coefficient (Wildman–Crippen LogP) is 5.09. The fourth-order valence-electron chi connectivity index (χ4n) is 2.91. The topological polar surface area (TPSA) is 130 Å². The van der Waals surface area contributed by atoms with Gasteiger partial charge >= 0.3 is 6.03 Å². The summed E-state index contributed by atoms with van der Waals surface area (Å²) in [7, 11) is 0. The van der Waals surface area contributed by atoms with Crippen LogP contribution in [0.1, 0.15) is 10.4 Å². The largest absolute Gasteiger partial charge is 0.333 e. The number of anilines is 2. The van der Waals surface area contributed by atoms with E-state index in [0.717, 1.165) is 11.0 Å². The minimum atomic E-state index is -0.512. The van der Waals surface area contributed by atoms with Crippen LogP contribution < -0.4 is 10.6 Å². The monoisotopic (exact) mass is 447 g/mol. The first-order valence-corrected chi connectivity index (χ1v) is 10.5. The van der Waals surface area contributed by atoms with Gasteiger partial charge in [-0.3, -0.25) is 14.9 Å². The first kappa shape index (κ1) is 21.1. The molecule has 0 saturated carbocycles. The molecule has 9 nitrogen and oxygen atoms in total. The van der Waals surface area contributed by atoms with Crippen LogP contribution in [0.25, 0.3) is 11.0 Å². The van der Waals surface area contributed by atoms with Gasteiger partial charge in [0.25, 0.3) is 5.69 Å². The van der Waals surface area contributed by atoms with E-state index in [0.29, 0.717) is 22.1 Å². The highest BCUT2D eigenvalue weighted by Crippen LogP contribution is 2.21. The van der Waals surface area contributed by atoms with E-state index >= 15 is 0 Å². The number of nitrogens with one attached hydrogen (secondary N) is 3. The summed E-state index contributed by atoms with van der Waals surface area (Å²) in [6.45, 7) is 0. The van der Waals surface area contributed by atoms with Crippen molar-refractivity contribution in [3.05, 3.63) is 88.5 Å². The number of aromatic nitrogens is 2. The minimum Gasteiger partial charge on any atom is -0.333 e. The van der Waals surface area contributed by atoms with Crippen molar-refractivity contribution < 1.29 is 14.5 Å². The third kappa shape index (κ3) is 5.10. The number of para-hydroxylation sites is 2. The highest BCUT2D eigenvalue weighted by Gasteiger charge is 2.11. The summed E-state index contributed by atoms with van der Waals surface area (Å²) in [6.07, 6.45) is 0. The molecule has 3 N–H and O–H groups in total. The number of thioether (sulfide) groups is 1. The summed E-state index contributed by atoms with van der Waals surface area (Å²) >= 11 is 1.33. The number of nitro benzene ring substituents is 1. The zero-order valence-corrected chi connectivity index (χ0v) is 17.4. The van der Waals surface area contributed by atoms with E-state index < -0.39 is 11.0 Å². The third-order valence-electron chi connectivity index (χ3n) is 4.51. The standard InChI is InChI=1S/C22H17N5O4S/c28-20(13-32-22-25-18-3-1-2-4-19(18)26-22)14-5-7-15(8-6-14)23-21(29)24-16-9-11-17(12-10-16)27(30)31/h1-12H,13H2,(H,25,26)(H2,23,24,29). The molecule has 0 aliphatic heterocycles. The Balaban J connectivity index is 1.30. The number of carbonyl (C=O) groups excluding carboxylic acids is 2. The van der Waals surface area contributed by atoms with Gasteiger partial charge in [-0.05, 0) is 48.5 Å². The average Bonchev–Trinajstić information content (AvgIpc) is 3.21. The van der Waals surface area contributed by atoms with Gasteiger partial charge < -0.3 is 15.6 Å². The number of rotatable bonds is 7. The van der Waals surface area contributed by atoms with Crippen molar-refractivity contribution in [1.29, 1.82) is 0 Å². The maximum Gasteiger partial charge on any atom is 0.323 e. The van der Waals surface area contributed by atoms with Crippen molar-refractivity contribution >= 4 is 51.7 Å². The second-order valence-electron chi connectivity index (χ2n) is 6.73. The van der Waals surface area contributed by atoms with Gasteiger partial charge in [0.05, 0.1) is 21.7 Å². The van der Waals surface area contributed by atoms with Gasteiger partial charge in [0.1, 0.15) is 0 Å². The number of non-ortho nitro benzene ring substituents is 1. The van der Waals surface area contributed by atoms with Gasteiger partial charge in [-0.1, -0.05) is 23.9 Å². The lowest BCUT2D eigenvalue weighted by Crippen LogP contribution is -2.19. The molecule has 1 heterocycles. The molecule has 32 heavy (non-hydrogen) atoms. The number of hydrogen-bond donors (Lipinski definition) is 3. The number of amides is 2. The van der Waals surface area contributed by atoms with Crippen LogP contribution in [0.5, 0.6) is 0 Å². The summed E-state index contributed by atoms with van der Waals surface area (Å²) in [5, 5.41) is 16.6. The summed E-state index contributed by atoms with van der Waals surface area (Å²) in [5.74, 6) is 0.171. The smallest absolute Gasteiger partial charge is 0.323 e. The normalized spacial score (nSPS) is 10.6. The number of benzene rings is 3. The van der Waals surface area contributed by atoms with Crippen LogP contribution in [-0.4, -0.2) is 32.5 Å². The van der Waals surface area contributed by atoms with Crippen LogP contribution in [-0.2, 0) is 0 Å². The van der Waals surface area contributed by atoms with Crippen molar-refractivity contribution in [3.63, 3.8) is 0 Å². The highest BCUT2D eigenvalue weighted by atomic mass is 32.2. The molecule has 0 radical (unpaired) electrons. The van der Waals surface area contributed by atoms with Gasteiger partial charge in [-0.25, -0.2) is 9.78 Å². The molecule has 2 amide bonds. The lowest BCUT2D eigenvalue weighted by Gasteiger charge is -2.08. The SMILES string of the molecule is O=C(Nc1ccc(C(=O)CSc2nc3ccccc3[nH]2)cc1)Nc1ccc([N+](=O)[O-])cc1. The molecule has 0 unspecified atom stereocenters. The Kier molecular flexibility index (Phi) is 6.13. The number of nitro groups is 1. The first-order valence-electron chi connectivity index (χ1n) is 9.51. The molecular weight excluding hydrogens is 430 g/mol. The van der Waals surface area contributed by atoms with Crippen LogP contribution in [0.2, 0.25) is 0 Å². The van der Waals surface area contributed by atoms with Gasteiger partial charge in [0, 0.05) is 29.1 Å². The summed E-state index contributed by atoms with van der Waals surface area (Å²) in [5.41, 5.74) is 3.16. The number of nitrogens with zero attached hydrogens (tertiary/aromatic N) is 2. The molecule has 0 atom stereocenters. The second-order valence-corrected chi connectivity index (χ2v) is 7.70. The minimum absolute atomic E-state index is 0.0580. The molecule has 1 aromatic heterocycles. The molecule has 4 rings (SSSR count). The number of ketones is 1. The van der Waals surface area contributed by atoms with E-state index in [2.05, 4.69) is 20.6 Å². The van der Waals surface area contributed by atoms with Gasteiger partial charge in [0.15, 0.2) is 10.9 Å². The van der Waals surface area contributed by atoms with E-state index in [1.807, 2.05) is 24.3 Å². The highest BCUT2D eigenvalue weighted by molar-refractivity contribution is 7.99. The molecule has 0 bridgehead atoms. The lowest BCUT2D eigenvalue weighted by molar-refractivity contribution is -0.384. The Hall–Kier alpha value is -4.18. The Morgan fingerprint density at radius 3 is 2.19 bits per heavy atom. The number of urea groups is 1. The number of hydrogen-bond acceptors (Lipinski definition) is 6. The third-order valence-corrected chi connectivity index (χ3v) is 5.38. The van der Waals surface area contributed by atoms with Crippen molar-refractivity contribution in [3.8, 4) is 0 Å². The summed E-state index contributed by atoms with van der Waals surface area (Å²) in [6, 6.07) is 19.2. The van der Waals surface area contributed by atoms with Gasteiger partial charge in [-0.2, -0.15) is 0 Å². The second kappa shape index (κ2) is 9.31. The van der Waals surface area contributed by atoms with Crippen LogP contribution in [0.4, 0.5) is 21.9 Å². The van der Waals surface area contributed by atoms with E-state index in [9.17, 15) is 19.7 Å². The Labute approximate surface area is 186 Å². The molecule has 0 aliphatic carbocycles. The molecule has 0 aliphatic rings. The Morgan fingerprint density at radius 2 is 1.56 bits per heavy atom. The van der Waals surface area contributed by atoms with E-state index in [1.54, 1.807) is 24.3 Å². The van der Waals surface area contributed by atoms with Crippen molar-refractivity contribution in [1.82, 2.24) is 9.97 Å². The van der Waals surface area contributed by atoms with E-state index in [-0.39, 0.29) is 17.2 Å². The number of H-pyrrole nitrogens is 1. The number of carbonyl (C=O) groups is 2. The lowest BCUT2D eigenvalue weighted by atomic mass is 10.1. The van der Waals surface area contributed by atoms with Crippen LogP contribution in [0, 0.1) is 10.1 Å².